The Morgan fingerprint density at radius 1 is 1.48 bits per heavy atom. The van der Waals surface area contributed by atoms with E-state index in [9.17, 15) is 13.6 Å². The fraction of sp³-hybridized carbons (Fsp3) is 0.688. The summed E-state index contributed by atoms with van der Waals surface area (Å²) in [5.41, 5.74) is 1.67. The molecule has 0 radical (unpaired) electrons. The third-order valence-corrected chi connectivity index (χ3v) is 4.68. The van der Waals surface area contributed by atoms with Crippen molar-refractivity contribution in [1.29, 1.82) is 0 Å². The van der Waals surface area contributed by atoms with Crippen molar-refractivity contribution in [2.45, 2.75) is 51.5 Å². The molecule has 1 atom stereocenters. The highest BCUT2D eigenvalue weighted by atomic mass is 19.3. The summed E-state index contributed by atoms with van der Waals surface area (Å²) < 4.78 is 32.9. The van der Waals surface area contributed by atoms with Gasteiger partial charge in [0.25, 0.3) is 5.92 Å². The van der Waals surface area contributed by atoms with Crippen molar-refractivity contribution < 1.29 is 18.3 Å². The van der Waals surface area contributed by atoms with E-state index in [1.54, 1.807) is 4.90 Å². The average Bonchev–Trinajstić information content (AvgIpc) is 2.86. The van der Waals surface area contributed by atoms with Gasteiger partial charge in [0, 0.05) is 31.7 Å². The highest BCUT2D eigenvalue weighted by molar-refractivity contribution is 5.77. The lowest BCUT2D eigenvalue weighted by Crippen LogP contribution is -2.39. The van der Waals surface area contributed by atoms with Gasteiger partial charge in [-0.15, -0.1) is 0 Å². The minimum Gasteiger partial charge on any atom is -0.478 e. The number of nitrogens with zero attached hydrogens (tertiary/aromatic N) is 3. The molecule has 126 valence electrons. The maximum Gasteiger partial charge on any atom is 0.251 e. The molecule has 2 aliphatic rings. The molecule has 0 bridgehead atoms. The molecule has 1 aromatic heterocycles. The Bertz CT molecular complexity index is 595. The quantitative estimate of drug-likeness (QED) is 0.854. The molecule has 1 aliphatic heterocycles. The number of alkyl halides is 2. The van der Waals surface area contributed by atoms with E-state index in [-0.39, 0.29) is 18.7 Å². The topological polar surface area (TPSA) is 55.3 Å². The first-order valence-electron chi connectivity index (χ1n) is 8.12. The number of carbonyl (C=O) groups is 1. The van der Waals surface area contributed by atoms with E-state index in [0.29, 0.717) is 44.8 Å². The maximum atomic E-state index is 13.7. The van der Waals surface area contributed by atoms with E-state index in [4.69, 9.17) is 4.74 Å². The summed E-state index contributed by atoms with van der Waals surface area (Å²) in [6.45, 7) is 3.18. The molecule has 1 aliphatic carbocycles. The van der Waals surface area contributed by atoms with Crippen LogP contribution < -0.4 is 4.74 Å². The van der Waals surface area contributed by atoms with Crippen molar-refractivity contribution in [3.8, 4) is 5.88 Å². The van der Waals surface area contributed by atoms with Crippen molar-refractivity contribution in [1.82, 2.24) is 14.9 Å². The van der Waals surface area contributed by atoms with Crippen molar-refractivity contribution in [3.05, 3.63) is 17.6 Å². The van der Waals surface area contributed by atoms with Crippen LogP contribution in [0.3, 0.4) is 0 Å². The summed E-state index contributed by atoms with van der Waals surface area (Å²) in [5, 5.41) is 0. The molecular weight excluding hydrogens is 304 g/mol. The summed E-state index contributed by atoms with van der Waals surface area (Å²) >= 11 is 0. The van der Waals surface area contributed by atoms with Gasteiger partial charge in [0.2, 0.25) is 11.8 Å². The average molecular weight is 325 g/mol. The Labute approximate surface area is 134 Å². The lowest BCUT2D eigenvalue weighted by molar-refractivity contribution is -0.136. The standard InChI is InChI=1S/C16H21F2N3O2/c1-2-23-15-12-9-21(7-5-13(12)19-10-20-15)14(22)8-11-4-3-6-16(11,17)18/h10-11H,2-9H2,1H3. The van der Waals surface area contributed by atoms with Crippen LogP contribution in [0.4, 0.5) is 8.78 Å². The van der Waals surface area contributed by atoms with Crippen LogP contribution >= 0.6 is 0 Å². The number of hydrogen-bond acceptors (Lipinski definition) is 4. The zero-order valence-electron chi connectivity index (χ0n) is 13.2. The Hall–Kier alpha value is -1.79. The van der Waals surface area contributed by atoms with Crippen LogP contribution in [0.25, 0.3) is 0 Å². The first-order valence-corrected chi connectivity index (χ1v) is 8.12. The Kier molecular flexibility index (Phi) is 4.46. The highest BCUT2D eigenvalue weighted by Gasteiger charge is 2.45. The van der Waals surface area contributed by atoms with E-state index in [2.05, 4.69) is 9.97 Å². The molecule has 0 spiro atoms. The van der Waals surface area contributed by atoms with Crippen LogP contribution in [0.2, 0.25) is 0 Å². The lowest BCUT2D eigenvalue weighted by atomic mass is 9.98. The van der Waals surface area contributed by atoms with E-state index >= 15 is 0 Å². The van der Waals surface area contributed by atoms with Crippen LogP contribution in [0.1, 0.15) is 43.9 Å². The molecule has 7 heteroatoms. The highest BCUT2D eigenvalue weighted by Crippen LogP contribution is 2.42. The first kappa shape index (κ1) is 16.1. The van der Waals surface area contributed by atoms with E-state index in [1.165, 1.54) is 6.33 Å². The monoisotopic (exact) mass is 325 g/mol. The minimum absolute atomic E-state index is 0.0833. The molecule has 1 fully saturated rings. The molecule has 5 nitrogen and oxygen atoms in total. The largest absolute Gasteiger partial charge is 0.478 e. The van der Waals surface area contributed by atoms with Crippen LogP contribution in [0.15, 0.2) is 6.33 Å². The number of ether oxygens (including phenoxy) is 1. The fourth-order valence-corrected chi connectivity index (χ4v) is 3.38. The second-order valence-electron chi connectivity index (χ2n) is 6.16. The van der Waals surface area contributed by atoms with Gasteiger partial charge in [0.05, 0.1) is 24.4 Å². The second-order valence-corrected chi connectivity index (χ2v) is 6.16. The second kappa shape index (κ2) is 6.37. The van der Waals surface area contributed by atoms with Crippen LogP contribution in [-0.4, -0.2) is 39.8 Å². The van der Waals surface area contributed by atoms with Gasteiger partial charge in [-0.05, 0) is 19.8 Å². The van der Waals surface area contributed by atoms with Crippen molar-refractivity contribution in [3.63, 3.8) is 0 Å². The predicted octanol–water partition coefficient (Wildman–Crippen LogP) is 2.59. The van der Waals surface area contributed by atoms with Gasteiger partial charge >= 0.3 is 0 Å². The summed E-state index contributed by atoms with van der Waals surface area (Å²) in [6.07, 6.45) is 2.80. The Morgan fingerprint density at radius 3 is 3.00 bits per heavy atom. The van der Waals surface area contributed by atoms with Crippen LogP contribution in [0, 0.1) is 5.92 Å². The van der Waals surface area contributed by atoms with E-state index in [1.807, 2.05) is 6.92 Å². The molecule has 1 amide bonds. The molecule has 1 saturated carbocycles. The molecule has 3 rings (SSSR count). The summed E-state index contributed by atoms with van der Waals surface area (Å²) in [4.78, 5) is 22.4. The molecular formula is C16H21F2N3O2. The van der Waals surface area contributed by atoms with Crippen LogP contribution in [-0.2, 0) is 17.8 Å². The van der Waals surface area contributed by atoms with Gasteiger partial charge in [0.15, 0.2) is 0 Å². The molecule has 0 saturated heterocycles. The number of hydrogen-bond donors (Lipinski definition) is 0. The van der Waals surface area contributed by atoms with Gasteiger partial charge < -0.3 is 9.64 Å². The van der Waals surface area contributed by atoms with Gasteiger partial charge in [-0.1, -0.05) is 0 Å². The predicted molar refractivity (Wildman–Crippen MR) is 79.2 cm³/mol. The molecule has 2 heterocycles. The smallest absolute Gasteiger partial charge is 0.251 e. The number of amides is 1. The first-order chi connectivity index (χ1) is 11.0. The van der Waals surface area contributed by atoms with Gasteiger partial charge in [-0.25, -0.2) is 18.7 Å². The van der Waals surface area contributed by atoms with Gasteiger partial charge in [-0.2, -0.15) is 0 Å². The summed E-state index contributed by atoms with van der Waals surface area (Å²) in [7, 11) is 0. The lowest BCUT2D eigenvalue weighted by Gasteiger charge is -2.30. The number of fused-ring (bicyclic) bond motifs is 1. The van der Waals surface area contributed by atoms with E-state index in [0.717, 1.165) is 11.3 Å². The SMILES string of the molecule is CCOc1ncnc2c1CN(C(=O)CC1CCCC1(F)F)CC2. The number of aromatic nitrogens is 2. The van der Waals surface area contributed by atoms with E-state index < -0.39 is 11.8 Å². The molecule has 0 N–H and O–H groups in total. The third-order valence-electron chi connectivity index (χ3n) is 4.68. The molecule has 0 aromatic carbocycles. The molecule has 1 unspecified atom stereocenters. The third kappa shape index (κ3) is 3.28. The van der Waals surface area contributed by atoms with Gasteiger partial charge in [-0.3, -0.25) is 4.79 Å². The zero-order valence-corrected chi connectivity index (χ0v) is 13.2. The Morgan fingerprint density at radius 2 is 2.30 bits per heavy atom. The van der Waals surface area contributed by atoms with Crippen molar-refractivity contribution in [2.75, 3.05) is 13.2 Å². The van der Waals surface area contributed by atoms with Crippen molar-refractivity contribution in [2.24, 2.45) is 5.92 Å². The van der Waals surface area contributed by atoms with Crippen molar-refractivity contribution >= 4 is 5.91 Å². The van der Waals surface area contributed by atoms with Gasteiger partial charge in [0.1, 0.15) is 6.33 Å². The molecule has 23 heavy (non-hydrogen) atoms. The number of halogens is 2. The van der Waals surface area contributed by atoms with Crippen LogP contribution in [0.5, 0.6) is 5.88 Å². The molecule has 1 aromatic rings. The fourth-order valence-electron chi connectivity index (χ4n) is 3.38. The Balaban J connectivity index is 1.70. The number of rotatable bonds is 4. The summed E-state index contributed by atoms with van der Waals surface area (Å²) in [6, 6.07) is 0. The number of carbonyl (C=O) groups excluding carboxylic acids is 1. The summed E-state index contributed by atoms with van der Waals surface area (Å²) in [5.74, 6) is -3.26. The minimum atomic E-state index is -2.71. The normalized spacial score (nSPS) is 22.7. The maximum absolute atomic E-state index is 13.7. The zero-order chi connectivity index (χ0) is 16.4.